The topological polar surface area (TPSA) is 77.8 Å². The molecule has 0 bridgehead atoms. The summed E-state index contributed by atoms with van der Waals surface area (Å²) in [6.45, 7) is 9.44. The van der Waals surface area contributed by atoms with Crippen LogP contribution in [0.15, 0.2) is 0 Å². The molecular weight excluding hydrogens is 376 g/mol. The summed E-state index contributed by atoms with van der Waals surface area (Å²) in [5.41, 5.74) is 0.480. The fraction of sp³-hybridized carbons (Fsp3) is 0.962. The second-order valence-corrected chi connectivity index (χ2v) is 12.0. The van der Waals surface area contributed by atoms with E-state index < -0.39 is 5.97 Å². The maximum Gasteiger partial charge on any atom is 0.303 e. The van der Waals surface area contributed by atoms with Gasteiger partial charge in [-0.3, -0.25) is 4.79 Å². The Morgan fingerprint density at radius 1 is 1.00 bits per heavy atom. The van der Waals surface area contributed by atoms with Crippen LogP contribution in [-0.2, 0) is 4.79 Å². The van der Waals surface area contributed by atoms with Crippen LogP contribution in [0.5, 0.6) is 0 Å². The van der Waals surface area contributed by atoms with E-state index in [-0.39, 0.29) is 29.5 Å². The van der Waals surface area contributed by atoms with Gasteiger partial charge in [-0.1, -0.05) is 34.1 Å². The van der Waals surface area contributed by atoms with E-state index in [4.69, 9.17) is 5.11 Å². The van der Waals surface area contributed by atoms with Gasteiger partial charge < -0.3 is 15.3 Å². The van der Waals surface area contributed by atoms with Crippen molar-refractivity contribution in [3.05, 3.63) is 0 Å². The van der Waals surface area contributed by atoms with Gasteiger partial charge in [-0.25, -0.2) is 0 Å². The monoisotopic (exact) mass is 420 g/mol. The second-order valence-electron chi connectivity index (χ2n) is 12.0. The summed E-state index contributed by atoms with van der Waals surface area (Å²) >= 11 is 0. The number of fused-ring (bicyclic) bond motifs is 5. The van der Waals surface area contributed by atoms with Crippen LogP contribution in [0.3, 0.4) is 0 Å². The van der Waals surface area contributed by atoms with Crippen molar-refractivity contribution in [2.45, 2.75) is 104 Å². The standard InChI is InChI=1S/C26H44O4/c1-5-17-21-14-16(27)10-12-26(21,4)20-11-13-25(3)18(15(2)6-9-22(28)29)7-8-19(25)23(20)24(17)30/h15-21,23-24,27,30H,5-14H2,1-4H3,(H,28,29)/t15-,16+,17-,18-,19+,20+,21?,23+,24-,25-,26-/m1/s1. The van der Waals surface area contributed by atoms with Gasteiger partial charge in [0.25, 0.3) is 0 Å². The van der Waals surface area contributed by atoms with Crippen molar-refractivity contribution in [1.29, 1.82) is 0 Å². The third kappa shape index (κ3) is 3.36. The molecule has 0 aromatic carbocycles. The van der Waals surface area contributed by atoms with Crippen molar-refractivity contribution in [3.63, 3.8) is 0 Å². The minimum atomic E-state index is -0.683. The van der Waals surface area contributed by atoms with E-state index >= 15 is 0 Å². The van der Waals surface area contributed by atoms with E-state index in [0.717, 1.165) is 32.1 Å². The molecule has 4 saturated carbocycles. The summed E-state index contributed by atoms with van der Waals surface area (Å²) in [5, 5.41) is 31.3. The molecule has 0 aliphatic heterocycles. The number of carboxylic acid groups (broad SMARTS) is 1. The molecule has 4 aliphatic carbocycles. The number of carboxylic acids is 1. The first-order valence-corrected chi connectivity index (χ1v) is 12.7. The molecule has 4 heteroatoms. The first kappa shape index (κ1) is 22.6. The number of aliphatic carboxylic acids is 1. The molecule has 0 spiro atoms. The van der Waals surface area contributed by atoms with Crippen molar-refractivity contribution in [3.8, 4) is 0 Å². The van der Waals surface area contributed by atoms with E-state index in [1.54, 1.807) is 0 Å². The van der Waals surface area contributed by atoms with Crippen molar-refractivity contribution < 1.29 is 20.1 Å². The zero-order chi connectivity index (χ0) is 21.8. The molecule has 4 aliphatic rings. The Balaban J connectivity index is 1.61. The van der Waals surface area contributed by atoms with Gasteiger partial charge in [-0.15, -0.1) is 0 Å². The SMILES string of the molecule is CC[C@@H]1C2C[C@@H](O)CC[C@]2(C)[C@H]2CC[C@]3(C)[C@@H]([C@H](C)CCC(=O)O)CC[C@H]3[C@@H]2[C@@H]1O. The lowest BCUT2D eigenvalue weighted by atomic mass is 9.41. The number of hydrogen-bond acceptors (Lipinski definition) is 3. The summed E-state index contributed by atoms with van der Waals surface area (Å²) in [6, 6.07) is 0. The van der Waals surface area contributed by atoms with E-state index in [0.29, 0.717) is 41.4 Å². The zero-order valence-corrected chi connectivity index (χ0v) is 19.5. The van der Waals surface area contributed by atoms with Crippen LogP contribution >= 0.6 is 0 Å². The molecular formula is C26H44O4. The second kappa shape index (κ2) is 8.06. The fourth-order valence-corrected chi connectivity index (χ4v) is 9.48. The highest BCUT2D eigenvalue weighted by molar-refractivity contribution is 5.66. The van der Waals surface area contributed by atoms with Gasteiger partial charge in [-0.05, 0) is 104 Å². The third-order valence-corrected chi connectivity index (χ3v) is 11.0. The Morgan fingerprint density at radius 2 is 1.67 bits per heavy atom. The average molecular weight is 421 g/mol. The molecule has 0 aromatic heterocycles. The van der Waals surface area contributed by atoms with Crippen LogP contribution in [0.25, 0.3) is 0 Å². The van der Waals surface area contributed by atoms with Gasteiger partial charge in [0.1, 0.15) is 0 Å². The maximum absolute atomic E-state index is 11.7. The normalized spacial score (nSPS) is 51.5. The average Bonchev–Trinajstić information content (AvgIpc) is 3.05. The lowest BCUT2D eigenvalue weighted by Crippen LogP contribution is -2.62. The zero-order valence-electron chi connectivity index (χ0n) is 19.5. The first-order chi connectivity index (χ1) is 14.1. The fourth-order valence-electron chi connectivity index (χ4n) is 9.48. The summed E-state index contributed by atoms with van der Waals surface area (Å²) < 4.78 is 0. The molecule has 0 saturated heterocycles. The van der Waals surface area contributed by atoms with Crippen LogP contribution < -0.4 is 0 Å². The highest BCUT2D eigenvalue weighted by Crippen LogP contribution is 2.69. The van der Waals surface area contributed by atoms with Crippen LogP contribution in [0, 0.1) is 52.3 Å². The van der Waals surface area contributed by atoms with Gasteiger partial charge in [0.05, 0.1) is 12.2 Å². The lowest BCUT2D eigenvalue weighted by molar-refractivity contribution is -0.203. The highest BCUT2D eigenvalue weighted by Gasteiger charge is 2.64. The van der Waals surface area contributed by atoms with Gasteiger partial charge in [0.15, 0.2) is 0 Å². The molecule has 3 N–H and O–H groups in total. The Morgan fingerprint density at radius 3 is 2.33 bits per heavy atom. The van der Waals surface area contributed by atoms with Crippen molar-refractivity contribution in [2.24, 2.45) is 52.3 Å². The number of aliphatic hydroxyl groups excluding tert-OH is 2. The van der Waals surface area contributed by atoms with Crippen LogP contribution in [0.1, 0.15) is 91.9 Å². The Bertz CT molecular complexity index is 649. The van der Waals surface area contributed by atoms with E-state index in [1.165, 1.54) is 25.7 Å². The molecule has 0 heterocycles. The van der Waals surface area contributed by atoms with E-state index in [2.05, 4.69) is 27.7 Å². The Hall–Kier alpha value is -0.610. The predicted molar refractivity (Wildman–Crippen MR) is 118 cm³/mol. The summed E-state index contributed by atoms with van der Waals surface area (Å²) in [5.74, 6) is 2.58. The molecule has 4 nitrogen and oxygen atoms in total. The molecule has 0 aromatic rings. The maximum atomic E-state index is 11.7. The molecule has 4 rings (SSSR count). The Kier molecular flexibility index (Phi) is 6.07. The summed E-state index contributed by atoms with van der Waals surface area (Å²) in [6.07, 6.45) is 9.27. The highest BCUT2D eigenvalue weighted by atomic mass is 16.4. The minimum absolute atomic E-state index is 0.194. The number of carbonyl (C=O) groups is 1. The minimum Gasteiger partial charge on any atom is -0.481 e. The predicted octanol–water partition coefficient (Wildman–Crippen LogP) is 5.11. The smallest absolute Gasteiger partial charge is 0.303 e. The molecule has 4 fully saturated rings. The van der Waals surface area contributed by atoms with Gasteiger partial charge in [0, 0.05) is 6.42 Å². The van der Waals surface area contributed by atoms with Crippen molar-refractivity contribution >= 4 is 5.97 Å². The number of aliphatic hydroxyl groups is 2. The molecule has 172 valence electrons. The molecule has 30 heavy (non-hydrogen) atoms. The third-order valence-electron chi connectivity index (χ3n) is 11.0. The molecule has 0 amide bonds. The van der Waals surface area contributed by atoms with E-state index in [9.17, 15) is 15.0 Å². The first-order valence-electron chi connectivity index (χ1n) is 12.7. The van der Waals surface area contributed by atoms with Crippen LogP contribution in [0.4, 0.5) is 0 Å². The largest absolute Gasteiger partial charge is 0.481 e. The van der Waals surface area contributed by atoms with Gasteiger partial charge >= 0.3 is 5.97 Å². The van der Waals surface area contributed by atoms with Gasteiger partial charge in [0.2, 0.25) is 0 Å². The number of hydrogen-bond donors (Lipinski definition) is 3. The van der Waals surface area contributed by atoms with Crippen LogP contribution in [-0.4, -0.2) is 33.5 Å². The van der Waals surface area contributed by atoms with Crippen molar-refractivity contribution in [1.82, 2.24) is 0 Å². The van der Waals surface area contributed by atoms with Crippen LogP contribution in [0.2, 0.25) is 0 Å². The summed E-state index contributed by atoms with van der Waals surface area (Å²) in [4.78, 5) is 11.1. The lowest BCUT2D eigenvalue weighted by Gasteiger charge is -2.64. The molecule has 11 atom stereocenters. The molecule has 1 unspecified atom stereocenters. The van der Waals surface area contributed by atoms with Crippen molar-refractivity contribution in [2.75, 3.05) is 0 Å². The quantitative estimate of drug-likeness (QED) is 0.577. The number of rotatable bonds is 5. The van der Waals surface area contributed by atoms with E-state index in [1.807, 2.05) is 0 Å². The summed E-state index contributed by atoms with van der Waals surface area (Å²) in [7, 11) is 0. The molecule has 0 radical (unpaired) electrons. The van der Waals surface area contributed by atoms with Gasteiger partial charge in [-0.2, -0.15) is 0 Å². The Labute approximate surface area is 182 Å².